The Morgan fingerprint density at radius 1 is 1.14 bits per heavy atom. The molecule has 2 aromatic rings. The first-order valence-corrected chi connectivity index (χ1v) is 7.39. The van der Waals surface area contributed by atoms with Crippen molar-refractivity contribution in [1.82, 2.24) is 9.97 Å². The highest BCUT2D eigenvalue weighted by Crippen LogP contribution is 2.27. The Bertz CT molecular complexity index is 627. The first-order chi connectivity index (χ1) is 9.88. The summed E-state index contributed by atoms with van der Waals surface area (Å²) in [6, 6.07) is 9.79. The number of rotatable bonds is 4. The van der Waals surface area contributed by atoms with E-state index < -0.39 is 0 Å². The zero-order valence-electron chi connectivity index (χ0n) is 12.8. The highest BCUT2D eigenvalue weighted by Gasteiger charge is 2.16. The SMILES string of the molecule is CC(C)c1nc(N)cc(N(C)C(C)c2cccc(Cl)c2)n1. The lowest BCUT2D eigenvalue weighted by Gasteiger charge is -2.27. The van der Waals surface area contributed by atoms with E-state index in [1.165, 1.54) is 0 Å². The Labute approximate surface area is 131 Å². The average Bonchev–Trinajstić information content (AvgIpc) is 2.45. The van der Waals surface area contributed by atoms with Crippen molar-refractivity contribution in [3.63, 3.8) is 0 Å². The summed E-state index contributed by atoms with van der Waals surface area (Å²) in [5.74, 6) is 2.31. The standard InChI is InChI=1S/C16H21ClN4/c1-10(2)16-19-14(18)9-15(20-16)21(4)11(3)12-6-5-7-13(17)8-12/h5-11H,1-4H3,(H2,18,19,20). The molecular weight excluding hydrogens is 284 g/mol. The third-order valence-electron chi connectivity index (χ3n) is 3.54. The van der Waals surface area contributed by atoms with Crippen LogP contribution in [-0.4, -0.2) is 17.0 Å². The Kier molecular flexibility index (Phi) is 4.68. The van der Waals surface area contributed by atoms with Gasteiger partial charge in [-0.2, -0.15) is 0 Å². The Morgan fingerprint density at radius 2 is 1.86 bits per heavy atom. The monoisotopic (exact) mass is 304 g/mol. The molecule has 0 saturated carbocycles. The van der Waals surface area contributed by atoms with E-state index >= 15 is 0 Å². The maximum atomic E-state index is 6.07. The lowest BCUT2D eigenvalue weighted by molar-refractivity contribution is 0.710. The molecule has 112 valence electrons. The second-order valence-electron chi connectivity index (χ2n) is 5.51. The number of benzene rings is 1. The van der Waals surface area contributed by atoms with Gasteiger partial charge in [-0.3, -0.25) is 0 Å². The van der Waals surface area contributed by atoms with Crippen molar-refractivity contribution in [3.8, 4) is 0 Å². The summed E-state index contributed by atoms with van der Waals surface area (Å²) >= 11 is 6.07. The maximum absolute atomic E-state index is 6.07. The predicted molar refractivity (Wildman–Crippen MR) is 88.8 cm³/mol. The summed E-state index contributed by atoms with van der Waals surface area (Å²) in [5.41, 5.74) is 7.03. The Hall–Kier alpha value is -1.81. The van der Waals surface area contributed by atoms with Crippen LogP contribution in [0.5, 0.6) is 0 Å². The van der Waals surface area contributed by atoms with E-state index in [-0.39, 0.29) is 12.0 Å². The normalized spacial score (nSPS) is 12.5. The minimum atomic E-state index is 0.137. The molecular formula is C16H21ClN4. The number of anilines is 2. The topological polar surface area (TPSA) is 55.0 Å². The fourth-order valence-electron chi connectivity index (χ4n) is 2.10. The van der Waals surface area contributed by atoms with Crippen LogP contribution < -0.4 is 10.6 Å². The second-order valence-corrected chi connectivity index (χ2v) is 5.94. The number of halogens is 1. The molecule has 1 aromatic heterocycles. The van der Waals surface area contributed by atoms with Gasteiger partial charge in [-0.25, -0.2) is 9.97 Å². The van der Waals surface area contributed by atoms with Gasteiger partial charge >= 0.3 is 0 Å². The van der Waals surface area contributed by atoms with Gasteiger partial charge in [0.15, 0.2) is 0 Å². The third-order valence-corrected chi connectivity index (χ3v) is 3.77. The van der Waals surface area contributed by atoms with Gasteiger partial charge in [-0.15, -0.1) is 0 Å². The zero-order chi connectivity index (χ0) is 15.6. The summed E-state index contributed by atoms with van der Waals surface area (Å²) in [4.78, 5) is 11.0. The van der Waals surface area contributed by atoms with Crippen LogP contribution in [0.3, 0.4) is 0 Å². The molecule has 0 fully saturated rings. The van der Waals surface area contributed by atoms with Gasteiger partial charge in [0.05, 0.1) is 6.04 Å². The zero-order valence-corrected chi connectivity index (χ0v) is 13.6. The van der Waals surface area contributed by atoms with Gasteiger partial charge in [-0.05, 0) is 24.6 Å². The highest BCUT2D eigenvalue weighted by molar-refractivity contribution is 6.30. The molecule has 0 bridgehead atoms. The van der Waals surface area contributed by atoms with E-state index in [0.29, 0.717) is 5.82 Å². The van der Waals surface area contributed by atoms with Crippen LogP contribution in [0.1, 0.15) is 44.1 Å². The number of nitrogens with two attached hydrogens (primary N) is 1. The number of hydrogen-bond acceptors (Lipinski definition) is 4. The van der Waals surface area contributed by atoms with Crippen molar-refractivity contribution in [3.05, 3.63) is 46.7 Å². The third kappa shape index (κ3) is 3.64. The summed E-state index contributed by atoms with van der Waals surface area (Å²) in [6.07, 6.45) is 0. The van der Waals surface area contributed by atoms with Crippen LogP contribution in [0.4, 0.5) is 11.6 Å². The molecule has 1 atom stereocenters. The van der Waals surface area contributed by atoms with E-state index in [1.807, 2.05) is 25.2 Å². The summed E-state index contributed by atoms with van der Waals surface area (Å²) in [5, 5.41) is 0.734. The van der Waals surface area contributed by atoms with Crippen molar-refractivity contribution >= 4 is 23.2 Å². The molecule has 2 N–H and O–H groups in total. The minimum Gasteiger partial charge on any atom is -0.384 e. The predicted octanol–water partition coefficient (Wildman–Crippen LogP) is 4.03. The molecule has 5 heteroatoms. The molecule has 0 amide bonds. The van der Waals surface area contributed by atoms with Crippen molar-refractivity contribution < 1.29 is 0 Å². The number of aromatic nitrogens is 2. The molecule has 0 aliphatic heterocycles. The van der Waals surface area contributed by atoms with Crippen molar-refractivity contribution in [1.29, 1.82) is 0 Å². The van der Waals surface area contributed by atoms with Crippen LogP contribution in [0.2, 0.25) is 5.02 Å². The first kappa shape index (κ1) is 15.6. The maximum Gasteiger partial charge on any atom is 0.135 e. The van der Waals surface area contributed by atoms with Gasteiger partial charge in [0, 0.05) is 24.1 Å². The molecule has 21 heavy (non-hydrogen) atoms. The number of nitrogens with zero attached hydrogens (tertiary/aromatic N) is 3. The summed E-state index contributed by atoms with van der Waals surface area (Å²) < 4.78 is 0. The van der Waals surface area contributed by atoms with Gasteiger partial charge in [0.2, 0.25) is 0 Å². The quantitative estimate of drug-likeness (QED) is 0.926. The minimum absolute atomic E-state index is 0.137. The van der Waals surface area contributed by atoms with Crippen LogP contribution in [-0.2, 0) is 0 Å². The van der Waals surface area contributed by atoms with E-state index in [9.17, 15) is 0 Å². The van der Waals surface area contributed by atoms with Crippen LogP contribution in [0, 0.1) is 0 Å². The largest absolute Gasteiger partial charge is 0.384 e. The highest BCUT2D eigenvalue weighted by atomic mass is 35.5. The van der Waals surface area contributed by atoms with Crippen LogP contribution >= 0.6 is 11.6 Å². The van der Waals surface area contributed by atoms with Gasteiger partial charge in [0.1, 0.15) is 17.5 Å². The second kappa shape index (κ2) is 6.31. The molecule has 0 aliphatic rings. The molecule has 1 aromatic carbocycles. The van der Waals surface area contributed by atoms with E-state index in [2.05, 4.69) is 41.7 Å². The van der Waals surface area contributed by atoms with Gasteiger partial charge in [0.25, 0.3) is 0 Å². The van der Waals surface area contributed by atoms with Crippen molar-refractivity contribution in [2.75, 3.05) is 17.7 Å². The lowest BCUT2D eigenvalue weighted by atomic mass is 10.1. The first-order valence-electron chi connectivity index (χ1n) is 7.01. The molecule has 0 aliphatic carbocycles. The molecule has 0 spiro atoms. The van der Waals surface area contributed by atoms with Crippen molar-refractivity contribution in [2.45, 2.75) is 32.7 Å². The fraction of sp³-hybridized carbons (Fsp3) is 0.375. The summed E-state index contributed by atoms with van der Waals surface area (Å²) in [6.45, 7) is 6.22. The number of nitrogen functional groups attached to an aromatic ring is 1. The van der Waals surface area contributed by atoms with Crippen LogP contribution in [0.15, 0.2) is 30.3 Å². The Morgan fingerprint density at radius 3 is 2.48 bits per heavy atom. The molecule has 1 unspecified atom stereocenters. The smallest absolute Gasteiger partial charge is 0.135 e. The fourth-order valence-corrected chi connectivity index (χ4v) is 2.30. The van der Waals surface area contributed by atoms with E-state index in [1.54, 1.807) is 6.07 Å². The summed E-state index contributed by atoms with van der Waals surface area (Å²) in [7, 11) is 2.00. The molecule has 2 rings (SSSR count). The molecule has 0 saturated heterocycles. The molecule has 4 nitrogen and oxygen atoms in total. The molecule has 0 radical (unpaired) electrons. The lowest BCUT2D eigenvalue weighted by Crippen LogP contribution is -2.23. The average molecular weight is 305 g/mol. The van der Waals surface area contributed by atoms with Gasteiger partial charge < -0.3 is 10.6 Å². The Balaban J connectivity index is 2.33. The van der Waals surface area contributed by atoms with Gasteiger partial charge in [-0.1, -0.05) is 37.6 Å². The molecule has 1 heterocycles. The van der Waals surface area contributed by atoms with Crippen LogP contribution in [0.25, 0.3) is 0 Å². The van der Waals surface area contributed by atoms with E-state index in [0.717, 1.165) is 22.2 Å². The van der Waals surface area contributed by atoms with E-state index in [4.69, 9.17) is 17.3 Å². The number of hydrogen-bond donors (Lipinski definition) is 1. The van der Waals surface area contributed by atoms with Crippen molar-refractivity contribution in [2.24, 2.45) is 0 Å².